The van der Waals surface area contributed by atoms with Crippen molar-refractivity contribution in [2.75, 3.05) is 0 Å². The molecule has 1 unspecified atom stereocenters. The molecule has 0 amide bonds. The SMILES string of the molecule is C=C(C)F.CC1=CC(c2c(O)cc(C)cc2O)CCC1. The third-order valence-corrected chi connectivity index (χ3v) is 3.22. The number of phenolic OH excluding ortho intramolecular Hbond substituents is 2. The molecule has 3 heteroatoms. The standard InChI is InChI=1S/C14H18O2.C3H5F/c1-9-4-3-5-11(6-9)14-12(15)7-10(2)8-13(14)16;1-3(2)4/h6-8,11,15-16H,3-5H2,1-2H3;1H2,2H3. The van der Waals surface area contributed by atoms with E-state index in [1.165, 1.54) is 12.5 Å². The molecule has 1 aromatic carbocycles. The van der Waals surface area contributed by atoms with Crippen LogP contribution in [-0.2, 0) is 0 Å². The van der Waals surface area contributed by atoms with Crippen molar-refractivity contribution in [2.24, 2.45) is 0 Å². The first-order valence-corrected chi connectivity index (χ1v) is 6.82. The second-order valence-corrected chi connectivity index (χ2v) is 5.40. The van der Waals surface area contributed by atoms with Crippen molar-refractivity contribution in [1.29, 1.82) is 0 Å². The molecule has 110 valence electrons. The predicted octanol–water partition coefficient (Wildman–Crippen LogP) is 5.11. The average molecular weight is 278 g/mol. The maximum atomic E-state index is 10.8. The zero-order chi connectivity index (χ0) is 15.3. The van der Waals surface area contributed by atoms with Crippen molar-refractivity contribution >= 4 is 0 Å². The Balaban J connectivity index is 0.000000444. The van der Waals surface area contributed by atoms with Gasteiger partial charge in [-0.1, -0.05) is 18.2 Å². The Kier molecular flexibility index (Phi) is 5.81. The molecule has 0 aromatic heterocycles. The summed E-state index contributed by atoms with van der Waals surface area (Å²) in [5, 5.41) is 19.8. The molecule has 2 N–H and O–H groups in total. The zero-order valence-corrected chi connectivity index (χ0v) is 12.4. The Bertz CT molecular complexity index is 491. The summed E-state index contributed by atoms with van der Waals surface area (Å²) < 4.78 is 10.8. The Hall–Kier alpha value is -1.77. The van der Waals surface area contributed by atoms with E-state index in [2.05, 4.69) is 19.6 Å². The third kappa shape index (κ3) is 4.72. The van der Waals surface area contributed by atoms with Crippen molar-refractivity contribution in [1.82, 2.24) is 0 Å². The van der Waals surface area contributed by atoms with Gasteiger partial charge < -0.3 is 10.2 Å². The van der Waals surface area contributed by atoms with E-state index in [1.54, 1.807) is 12.1 Å². The summed E-state index contributed by atoms with van der Waals surface area (Å²) >= 11 is 0. The van der Waals surface area contributed by atoms with Crippen molar-refractivity contribution in [3.63, 3.8) is 0 Å². The largest absolute Gasteiger partial charge is 0.507 e. The van der Waals surface area contributed by atoms with Crippen LogP contribution < -0.4 is 0 Å². The lowest BCUT2D eigenvalue weighted by Crippen LogP contribution is -2.03. The lowest BCUT2D eigenvalue weighted by atomic mass is 9.85. The number of halogens is 1. The lowest BCUT2D eigenvalue weighted by Gasteiger charge is -2.21. The van der Waals surface area contributed by atoms with Crippen LogP contribution in [0.25, 0.3) is 0 Å². The molecular weight excluding hydrogens is 255 g/mol. The summed E-state index contributed by atoms with van der Waals surface area (Å²) in [4.78, 5) is 0. The number of phenols is 2. The molecule has 0 fully saturated rings. The highest BCUT2D eigenvalue weighted by Gasteiger charge is 2.20. The van der Waals surface area contributed by atoms with Crippen LogP contribution in [0, 0.1) is 6.92 Å². The Morgan fingerprint density at radius 2 is 1.75 bits per heavy atom. The summed E-state index contributed by atoms with van der Waals surface area (Å²) in [5.41, 5.74) is 2.91. The molecule has 0 saturated heterocycles. The van der Waals surface area contributed by atoms with E-state index in [0.717, 1.165) is 24.8 Å². The normalized spacial score (nSPS) is 17.8. The van der Waals surface area contributed by atoms with Gasteiger partial charge in [0, 0.05) is 11.5 Å². The van der Waals surface area contributed by atoms with Gasteiger partial charge in [0.1, 0.15) is 11.5 Å². The van der Waals surface area contributed by atoms with Crippen molar-refractivity contribution < 1.29 is 14.6 Å². The molecule has 2 nitrogen and oxygen atoms in total. The van der Waals surface area contributed by atoms with Gasteiger partial charge in [0.15, 0.2) is 0 Å². The zero-order valence-electron chi connectivity index (χ0n) is 12.4. The summed E-state index contributed by atoms with van der Waals surface area (Å²) in [6.07, 6.45) is 5.42. The van der Waals surface area contributed by atoms with Gasteiger partial charge in [0.25, 0.3) is 0 Å². The topological polar surface area (TPSA) is 40.5 Å². The van der Waals surface area contributed by atoms with Gasteiger partial charge in [-0.3, -0.25) is 0 Å². The van der Waals surface area contributed by atoms with Gasteiger partial charge in [0.2, 0.25) is 0 Å². The molecule has 0 heterocycles. The molecule has 0 saturated carbocycles. The van der Waals surface area contributed by atoms with Crippen LogP contribution in [0.1, 0.15) is 50.2 Å². The van der Waals surface area contributed by atoms with Crippen LogP contribution in [-0.4, -0.2) is 10.2 Å². The summed E-state index contributed by atoms with van der Waals surface area (Å²) in [6.45, 7) is 8.17. The van der Waals surface area contributed by atoms with Crippen LogP contribution in [0.15, 0.2) is 36.2 Å². The number of allylic oxidation sites excluding steroid dienone is 3. The van der Waals surface area contributed by atoms with E-state index in [1.807, 2.05) is 6.92 Å². The van der Waals surface area contributed by atoms with Crippen molar-refractivity contribution in [2.45, 2.75) is 46.0 Å². The van der Waals surface area contributed by atoms with Crippen molar-refractivity contribution in [3.8, 4) is 11.5 Å². The van der Waals surface area contributed by atoms with Crippen LogP contribution in [0.3, 0.4) is 0 Å². The highest BCUT2D eigenvalue weighted by Crippen LogP contribution is 2.41. The Labute approximate surface area is 120 Å². The third-order valence-electron chi connectivity index (χ3n) is 3.22. The van der Waals surface area contributed by atoms with E-state index in [4.69, 9.17) is 0 Å². The molecular formula is C17H23FO2. The molecule has 20 heavy (non-hydrogen) atoms. The molecule has 1 aromatic rings. The van der Waals surface area contributed by atoms with E-state index in [-0.39, 0.29) is 23.2 Å². The van der Waals surface area contributed by atoms with Gasteiger partial charge in [-0.05, 0) is 57.7 Å². The van der Waals surface area contributed by atoms with Gasteiger partial charge in [-0.2, -0.15) is 0 Å². The quantitative estimate of drug-likeness (QED) is 0.701. The number of aryl methyl sites for hydroxylation is 1. The van der Waals surface area contributed by atoms with Crippen LogP contribution >= 0.6 is 0 Å². The van der Waals surface area contributed by atoms with E-state index in [0.29, 0.717) is 5.56 Å². The smallest absolute Gasteiger partial charge is 0.123 e. The first-order chi connectivity index (χ1) is 9.31. The highest BCUT2D eigenvalue weighted by molar-refractivity contribution is 5.50. The maximum absolute atomic E-state index is 10.8. The Morgan fingerprint density at radius 1 is 1.25 bits per heavy atom. The minimum atomic E-state index is -0.333. The van der Waals surface area contributed by atoms with Gasteiger partial charge in [-0.15, -0.1) is 0 Å². The molecule has 2 rings (SSSR count). The van der Waals surface area contributed by atoms with Crippen LogP contribution in [0.4, 0.5) is 4.39 Å². The van der Waals surface area contributed by atoms with E-state index < -0.39 is 0 Å². The highest BCUT2D eigenvalue weighted by atomic mass is 19.1. The van der Waals surface area contributed by atoms with E-state index in [9.17, 15) is 14.6 Å². The average Bonchev–Trinajstić information content (AvgIpc) is 2.26. The maximum Gasteiger partial charge on any atom is 0.123 e. The second-order valence-electron chi connectivity index (χ2n) is 5.40. The fraction of sp³-hybridized carbons (Fsp3) is 0.412. The molecule has 0 aliphatic heterocycles. The first kappa shape index (κ1) is 16.3. The summed E-state index contributed by atoms with van der Waals surface area (Å²) in [6, 6.07) is 3.43. The van der Waals surface area contributed by atoms with Gasteiger partial charge >= 0.3 is 0 Å². The van der Waals surface area contributed by atoms with E-state index >= 15 is 0 Å². The van der Waals surface area contributed by atoms with Crippen LogP contribution in [0.5, 0.6) is 11.5 Å². The van der Waals surface area contributed by atoms with Gasteiger partial charge in [0.05, 0.1) is 5.83 Å². The number of rotatable bonds is 1. The Morgan fingerprint density at radius 3 is 2.20 bits per heavy atom. The second kappa shape index (κ2) is 7.13. The molecule has 1 atom stereocenters. The summed E-state index contributed by atoms with van der Waals surface area (Å²) in [7, 11) is 0. The molecule has 1 aliphatic rings. The van der Waals surface area contributed by atoms with Gasteiger partial charge in [-0.25, -0.2) is 4.39 Å². The molecule has 1 aliphatic carbocycles. The minimum Gasteiger partial charge on any atom is -0.507 e. The molecule has 0 spiro atoms. The predicted molar refractivity (Wildman–Crippen MR) is 80.8 cm³/mol. The monoisotopic (exact) mass is 278 g/mol. The van der Waals surface area contributed by atoms with Crippen molar-refractivity contribution in [3.05, 3.63) is 47.3 Å². The first-order valence-electron chi connectivity index (χ1n) is 6.82. The van der Waals surface area contributed by atoms with Crippen LogP contribution in [0.2, 0.25) is 0 Å². The number of hydrogen-bond acceptors (Lipinski definition) is 2. The lowest BCUT2D eigenvalue weighted by molar-refractivity contribution is 0.428. The fourth-order valence-electron chi connectivity index (χ4n) is 2.48. The molecule has 0 radical (unpaired) electrons. The number of hydrogen-bond donors (Lipinski definition) is 2. The number of benzene rings is 1. The molecule has 0 bridgehead atoms. The fourth-order valence-corrected chi connectivity index (χ4v) is 2.48. The number of aromatic hydroxyl groups is 2. The summed E-state index contributed by atoms with van der Waals surface area (Å²) in [5.74, 6) is 0.260. The minimum absolute atomic E-state index is 0.161.